The second-order valence-corrected chi connectivity index (χ2v) is 3.11. The third-order valence-corrected chi connectivity index (χ3v) is 2.32. The van der Waals surface area contributed by atoms with Crippen molar-refractivity contribution in [2.24, 2.45) is 0 Å². The van der Waals surface area contributed by atoms with Crippen molar-refractivity contribution in [1.29, 1.82) is 0 Å². The van der Waals surface area contributed by atoms with E-state index in [-0.39, 0.29) is 11.9 Å². The molecule has 0 unspecified atom stereocenters. The van der Waals surface area contributed by atoms with E-state index in [2.05, 4.69) is 10.2 Å². The number of nitrogens with one attached hydrogen (secondary N) is 1. The topological polar surface area (TPSA) is 32.3 Å². The molecule has 1 fully saturated rings. The van der Waals surface area contributed by atoms with Gasteiger partial charge in [0.05, 0.1) is 6.04 Å². The molecule has 1 aliphatic heterocycles. The minimum Gasteiger partial charge on any atom is -0.358 e. The molecule has 0 spiro atoms. The first-order valence-corrected chi connectivity index (χ1v) is 5.17. The standard InChI is InChI=1S/C8H16N2O.C2H6/c1-9-8(11)7-5-3-4-6-10(7)2;1-2/h7H,3-6H2,1-2H3,(H,9,11);1-2H3/t7-;/m1./s1. The molecule has 1 aliphatic rings. The zero-order valence-electron chi connectivity index (χ0n) is 9.26. The van der Waals surface area contributed by atoms with Crippen molar-refractivity contribution < 1.29 is 4.79 Å². The molecule has 1 saturated heterocycles. The summed E-state index contributed by atoms with van der Waals surface area (Å²) in [5.74, 6) is 0.159. The van der Waals surface area contributed by atoms with Crippen molar-refractivity contribution in [3.63, 3.8) is 0 Å². The number of hydrogen-bond donors (Lipinski definition) is 1. The monoisotopic (exact) mass is 186 g/mol. The van der Waals surface area contributed by atoms with Crippen molar-refractivity contribution in [3.8, 4) is 0 Å². The SMILES string of the molecule is CC.CNC(=O)[C@H]1CCCCN1C. The van der Waals surface area contributed by atoms with Gasteiger partial charge in [-0.05, 0) is 26.4 Å². The second-order valence-electron chi connectivity index (χ2n) is 3.11. The highest BCUT2D eigenvalue weighted by molar-refractivity contribution is 5.81. The summed E-state index contributed by atoms with van der Waals surface area (Å²) in [6.45, 7) is 5.05. The van der Waals surface area contributed by atoms with Crippen LogP contribution in [0.1, 0.15) is 33.1 Å². The number of carbonyl (C=O) groups excluding carboxylic acids is 1. The fraction of sp³-hybridized carbons (Fsp3) is 0.900. The molecule has 0 aromatic carbocycles. The van der Waals surface area contributed by atoms with Gasteiger partial charge >= 0.3 is 0 Å². The van der Waals surface area contributed by atoms with Crippen LogP contribution >= 0.6 is 0 Å². The quantitative estimate of drug-likeness (QED) is 0.668. The zero-order chi connectivity index (χ0) is 10.3. The van der Waals surface area contributed by atoms with Crippen LogP contribution in [-0.4, -0.2) is 37.5 Å². The van der Waals surface area contributed by atoms with E-state index in [1.807, 2.05) is 20.9 Å². The second kappa shape index (κ2) is 6.89. The molecule has 0 bridgehead atoms. The van der Waals surface area contributed by atoms with E-state index in [1.165, 1.54) is 12.8 Å². The highest BCUT2D eigenvalue weighted by Crippen LogP contribution is 2.14. The smallest absolute Gasteiger partial charge is 0.237 e. The van der Waals surface area contributed by atoms with Crippen LogP contribution in [0.15, 0.2) is 0 Å². The Morgan fingerprint density at radius 1 is 1.38 bits per heavy atom. The van der Waals surface area contributed by atoms with Crippen molar-refractivity contribution in [3.05, 3.63) is 0 Å². The Hall–Kier alpha value is -0.570. The summed E-state index contributed by atoms with van der Waals surface area (Å²) >= 11 is 0. The average molecular weight is 186 g/mol. The lowest BCUT2D eigenvalue weighted by atomic mass is 10.0. The summed E-state index contributed by atoms with van der Waals surface area (Å²) in [6, 6.07) is 0.119. The molecule has 0 aromatic rings. The van der Waals surface area contributed by atoms with Gasteiger partial charge in [0.1, 0.15) is 0 Å². The molecular formula is C10H22N2O. The molecule has 1 amide bonds. The Bertz CT molecular complexity index is 148. The third-order valence-electron chi connectivity index (χ3n) is 2.32. The number of rotatable bonds is 1. The summed E-state index contributed by atoms with van der Waals surface area (Å²) in [5.41, 5.74) is 0. The van der Waals surface area contributed by atoms with Gasteiger partial charge in [0.15, 0.2) is 0 Å². The Morgan fingerprint density at radius 2 is 2.00 bits per heavy atom. The Morgan fingerprint density at radius 3 is 2.46 bits per heavy atom. The molecule has 0 saturated carbocycles. The lowest BCUT2D eigenvalue weighted by Crippen LogP contribution is -2.46. The molecule has 1 rings (SSSR count). The van der Waals surface area contributed by atoms with Gasteiger partial charge in [0.25, 0.3) is 0 Å². The normalized spacial score (nSPS) is 22.9. The van der Waals surface area contributed by atoms with E-state index < -0.39 is 0 Å². The van der Waals surface area contributed by atoms with E-state index in [0.717, 1.165) is 13.0 Å². The van der Waals surface area contributed by atoms with E-state index in [4.69, 9.17) is 0 Å². The number of likely N-dealkylation sites (N-methyl/N-ethyl adjacent to an activating group) is 2. The van der Waals surface area contributed by atoms with Crippen molar-refractivity contribution in [2.75, 3.05) is 20.6 Å². The van der Waals surface area contributed by atoms with Crippen LogP contribution in [-0.2, 0) is 4.79 Å². The fourth-order valence-corrected chi connectivity index (χ4v) is 1.57. The van der Waals surface area contributed by atoms with Crippen LogP contribution in [0.5, 0.6) is 0 Å². The molecule has 1 N–H and O–H groups in total. The van der Waals surface area contributed by atoms with Gasteiger partial charge in [0.2, 0.25) is 5.91 Å². The van der Waals surface area contributed by atoms with Crippen molar-refractivity contribution in [1.82, 2.24) is 10.2 Å². The number of piperidine rings is 1. The Balaban J connectivity index is 0.000000671. The summed E-state index contributed by atoms with van der Waals surface area (Å²) in [6.07, 6.45) is 3.42. The predicted molar refractivity (Wildman–Crippen MR) is 55.7 cm³/mol. The van der Waals surface area contributed by atoms with Crippen LogP contribution in [0.3, 0.4) is 0 Å². The lowest BCUT2D eigenvalue weighted by molar-refractivity contribution is -0.126. The van der Waals surface area contributed by atoms with Crippen molar-refractivity contribution >= 4 is 5.91 Å². The Kier molecular flexibility index (Phi) is 6.59. The predicted octanol–water partition coefficient (Wildman–Crippen LogP) is 1.24. The molecule has 1 heterocycles. The van der Waals surface area contributed by atoms with Crippen LogP contribution in [0, 0.1) is 0 Å². The largest absolute Gasteiger partial charge is 0.358 e. The van der Waals surface area contributed by atoms with Crippen LogP contribution in [0.25, 0.3) is 0 Å². The minimum atomic E-state index is 0.119. The zero-order valence-corrected chi connectivity index (χ0v) is 9.26. The van der Waals surface area contributed by atoms with Crippen LogP contribution in [0.2, 0.25) is 0 Å². The van der Waals surface area contributed by atoms with Gasteiger partial charge < -0.3 is 5.32 Å². The van der Waals surface area contributed by atoms with E-state index in [1.54, 1.807) is 7.05 Å². The highest BCUT2D eigenvalue weighted by atomic mass is 16.2. The van der Waals surface area contributed by atoms with E-state index in [0.29, 0.717) is 0 Å². The first kappa shape index (κ1) is 12.4. The average Bonchev–Trinajstić information content (AvgIpc) is 2.20. The molecule has 0 radical (unpaired) electrons. The maximum Gasteiger partial charge on any atom is 0.237 e. The first-order chi connectivity index (χ1) is 6.25. The molecule has 0 aliphatic carbocycles. The summed E-state index contributed by atoms with van der Waals surface area (Å²) in [5, 5.41) is 2.68. The molecule has 13 heavy (non-hydrogen) atoms. The molecule has 78 valence electrons. The summed E-state index contributed by atoms with van der Waals surface area (Å²) < 4.78 is 0. The summed E-state index contributed by atoms with van der Waals surface area (Å²) in [7, 11) is 3.71. The van der Waals surface area contributed by atoms with Crippen LogP contribution < -0.4 is 5.32 Å². The van der Waals surface area contributed by atoms with E-state index in [9.17, 15) is 4.79 Å². The van der Waals surface area contributed by atoms with Gasteiger partial charge in [-0.25, -0.2) is 0 Å². The van der Waals surface area contributed by atoms with Gasteiger partial charge in [0, 0.05) is 7.05 Å². The number of nitrogens with zero attached hydrogens (tertiary/aromatic N) is 1. The summed E-state index contributed by atoms with van der Waals surface area (Å²) in [4.78, 5) is 13.4. The lowest BCUT2D eigenvalue weighted by Gasteiger charge is -2.30. The highest BCUT2D eigenvalue weighted by Gasteiger charge is 2.24. The fourth-order valence-electron chi connectivity index (χ4n) is 1.57. The number of carbonyl (C=O) groups is 1. The molecule has 0 aromatic heterocycles. The number of likely N-dealkylation sites (tertiary alicyclic amines) is 1. The minimum absolute atomic E-state index is 0.119. The Labute approximate surface area is 81.5 Å². The maximum atomic E-state index is 11.2. The van der Waals surface area contributed by atoms with Crippen molar-refractivity contribution in [2.45, 2.75) is 39.2 Å². The van der Waals surface area contributed by atoms with Gasteiger partial charge in [-0.1, -0.05) is 20.3 Å². The first-order valence-electron chi connectivity index (χ1n) is 5.17. The van der Waals surface area contributed by atoms with Crippen LogP contribution in [0.4, 0.5) is 0 Å². The molecule has 3 heteroatoms. The number of hydrogen-bond acceptors (Lipinski definition) is 2. The molecular weight excluding hydrogens is 164 g/mol. The maximum absolute atomic E-state index is 11.2. The van der Waals surface area contributed by atoms with Gasteiger partial charge in [-0.3, -0.25) is 9.69 Å². The molecule has 3 nitrogen and oxygen atoms in total. The van der Waals surface area contributed by atoms with E-state index >= 15 is 0 Å². The van der Waals surface area contributed by atoms with Gasteiger partial charge in [-0.15, -0.1) is 0 Å². The third kappa shape index (κ3) is 3.77. The molecule has 1 atom stereocenters. The number of amides is 1. The van der Waals surface area contributed by atoms with Gasteiger partial charge in [-0.2, -0.15) is 0 Å².